The van der Waals surface area contributed by atoms with E-state index in [2.05, 4.69) is 37.9 Å². The van der Waals surface area contributed by atoms with Crippen molar-refractivity contribution < 1.29 is 0 Å². The summed E-state index contributed by atoms with van der Waals surface area (Å²) in [5.74, 6) is 1.89. The third-order valence-corrected chi connectivity index (χ3v) is 4.75. The van der Waals surface area contributed by atoms with E-state index in [1.807, 2.05) is 0 Å². The van der Waals surface area contributed by atoms with Crippen LogP contribution in [-0.2, 0) is 0 Å². The maximum atomic E-state index is 3.74. The van der Waals surface area contributed by atoms with Crippen LogP contribution in [0.4, 0.5) is 0 Å². The zero-order valence-corrected chi connectivity index (χ0v) is 13.0. The number of nitrogens with zero attached hydrogens (tertiary/aromatic N) is 1. The van der Waals surface area contributed by atoms with E-state index in [0.717, 1.165) is 24.4 Å². The fraction of sp³-hybridized carbons (Fsp3) is 1.00. The van der Waals surface area contributed by atoms with Crippen molar-refractivity contribution in [1.29, 1.82) is 0 Å². The molecule has 1 fully saturated rings. The van der Waals surface area contributed by atoms with Crippen molar-refractivity contribution in [3.63, 3.8) is 0 Å². The number of rotatable bonds is 8. The van der Waals surface area contributed by atoms with E-state index in [-0.39, 0.29) is 0 Å². The Morgan fingerprint density at radius 3 is 2.17 bits per heavy atom. The predicted octanol–water partition coefficient (Wildman–Crippen LogP) is 3.52. The third kappa shape index (κ3) is 5.27. The Morgan fingerprint density at radius 1 is 1.06 bits per heavy atom. The summed E-state index contributed by atoms with van der Waals surface area (Å²) >= 11 is 0. The van der Waals surface area contributed by atoms with Crippen LogP contribution in [0.3, 0.4) is 0 Å². The summed E-state index contributed by atoms with van der Waals surface area (Å²) < 4.78 is 0. The third-order valence-electron chi connectivity index (χ3n) is 4.75. The van der Waals surface area contributed by atoms with Gasteiger partial charge in [-0.25, -0.2) is 0 Å². The lowest BCUT2D eigenvalue weighted by atomic mass is 9.78. The van der Waals surface area contributed by atoms with Crippen LogP contribution in [0, 0.1) is 11.8 Å². The summed E-state index contributed by atoms with van der Waals surface area (Å²) in [6, 6.07) is 0.753. The molecule has 0 spiro atoms. The molecule has 108 valence electrons. The molecule has 0 radical (unpaired) electrons. The highest BCUT2D eigenvalue weighted by atomic mass is 15.1. The maximum Gasteiger partial charge on any atom is 0.0107 e. The first-order valence-corrected chi connectivity index (χ1v) is 8.16. The van der Waals surface area contributed by atoms with Gasteiger partial charge in [0.15, 0.2) is 0 Å². The lowest BCUT2D eigenvalue weighted by molar-refractivity contribution is 0.201. The van der Waals surface area contributed by atoms with E-state index in [1.54, 1.807) is 0 Å². The molecule has 1 atom stereocenters. The van der Waals surface area contributed by atoms with Crippen LogP contribution in [0.2, 0.25) is 0 Å². The molecule has 0 heterocycles. The molecule has 0 bridgehead atoms. The smallest absolute Gasteiger partial charge is 0.0107 e. The zero-order valence-electron chi connectivity index (χ0n) is 13.0. The van der Waals surface area contributed by atoms with Crippen molar-refractivity contribution in [3.8, 4) is 0 Å². The summed E-state index contributed by atoms with van der Waals surface area (Å²) in [6.07, 6.45) is 7.10. The van der Waals surface area contributed by atoms with Gasteiger partial charge in [-0.2, -0.15) is 0 Å². The normalized spacial score (nSPS) is 26.5. The van der Waals surface area contributed by atoms with Crippen LogP contribution in [0.1, 0.15) is 59.8 Å². The minimum atomic E-state index is 0.753. The van der Waals surface area contributed by atoms with Crippen molar-refractivity contribution in [1.82, 2.24) is 10.2 Å². The molecular formula is C16H34N2. The number of nitrogens with one attached hydrogen (secondary N) is 1. The molecule has 18 heavy (non-hydrogen) atoms. The molecule has 0 saturated heterocycles. The first-order chi connectivity index (χ1) is 8.71. The first-order valence-electron chi connectivity index (χ1n) is 8.16. The van der Waals surface area contributed by atoms with Crippen LogP contribution in [-0.4, -0.2) is 37.1 Å². The summed E-state index contributed by atoms with van der Waals surface area (Å²) in [5.41, 5.74) is 0. The van der Waals surface area contributed by atoms with E-state index in [0.29, 0.717) is 0 Å². The lowest BCUT2D eigenvalue weighted by Crippen LogP contribution is -2.40. The molecular weight excluding hydrogens is 220 g/mol. The Hall–Kier alpha value is -0.0800. The summed E-state index contributed by atoms with van der Waals surface area (Å²) in [4.78, 5) is 2.55. The van der Waals surface area contributed by atoms with E-state index in [4.69, 9.17) is 0 Å². The highest BCUT2D eigenvalue weighted by molar-refractivity contribution is 4.81. The summed E-state index contributed by atoms with van der Waals surface area (Å²) in [5, 5.41) is 3.74. The minimum Gasteiger partial charge on any atom is -0.314 e. The molecule has 1 aliphatic carbocycles. The molecule has 1 rings (SSSR count). The van der Waals surface area contributed by atoms with E-state index >= 15 is 0 Å². The summed E-state index contributed by atoms with van der Waals surface area (Å²) in [7, 11) is 0. The van der Waals surface area contributed by atoms with Gasteiger partial charge in [-0.3, -0.25) is 0 Å². The number of hydrogen-bond acceptors (Lipinski definition) is 2. The molecule has 0 aromatic rings. The maximum absolute atomic E-state index is 3.74. The molecule has 1 N–H and O–H groups in total. The van der Waals surface area contributed by atoms with Crippen LogP contribution in [0.5, 0.6) is 0 Å². The van der Waals surface area contributed by atoms with Crippen molar-refractivity contribution in [2.24, 2.45) is 11.8 Å². The van der Waals surface area contributed by atoms with Gasteiger partial charge in [0.2, 0.25) is 0 Å². The van der Waals surface area contributed by atoms with Gasteiger partial charge >= 0.3 is 0 Å². The first kappa shape index (κ1) is 16.0. The monoisotopic (exact) mass is 254 g/mol. The highest BCUT2D eigenvalue weighted by Gasteiger charge is 2.25. The molecule has 1 aliphatic rings. The standard InChI is InChI=1S/C16H34N2/c1-5-17-16(12-13-18(6-2)7-3)15-10-8-14(4)9-11-15/h14-17H,5-13H2,1-4H3. The average molecular weight is 254 g/mol. The van der Waals surface area contributed by atoms with Crippen LogP contribution in [0.25, 0.3) is 0 Å². The van der Waals surface area contributed by atoms with E-state index in [1.165, 1.54) is 51.7 Å². The van der Waals surface area contributed by atoms with Crippen molar-refractivity contribution in [3.05, 3.63) is 0 Å². The van der Waals surface area contributed by atoms with Crippen LogP contribution < -0.4 is 5.32 Å². The molecule has 2 heteroatoms. The predicted molar refractivity (Wildman–Crippen MR) is 81.0 cm³/mol. The topological polar surface area (TPSA) is 15.3 Å². The Kier molecular flexibility index (Phi) is 7.92. The zero-order chi connectivity index (χ0) is 13.4. The van der Waals surface area contributed by atoms with Gasteiger partial charge in [-0.15, -0.1) is 0 Å². The second-order valence-corrected chi connectivity index (χ2v) is 6.00. The van der Waals surface area contributed by atoms with Gasteiger partial charge in [-0.1, -0.05) is 40.5 Å². The Labute approximate surface area is 115 Å². The molecule has 0 aromatic heterocycles. The molecule has 2 nitrogen and oxygen atoms in total. The second kappa shape index (κ2) is 8.92. The fourth-order valence-corrected chi connectivity index (χ4v) is 3.32. The van der Waals surface area contributed by atoms with Crippen molar-refractivity contribution in [2.45, 2.75) is 65.8 Å². The van der Waals surface area contributed by atoms with Gasteiger partial charge in [0.05, 0.1) is 0 Å². The fourth-order valence-electron chi connectivity index (χ4n) is 3.32. The molecule has 0 aromatic carbocycles. The Morgan fingerprint density at radius 2 is 1.67 bits per heavy atom. The minimum absolute atomic E-state index is 0.753. The highest BCUT2D eigenvalue weighted by Crippen LogP contribution is 2.31. The average Bonchev–Trinajstić information content (AvgIpc) is 2.39. The molecule has 0 amide bonds. The largest absolute Gasteiger partial charge is 0.314 e. The van der Waals surface area contributed by atoms with Crippen molar-refractivity contribution >= 4 is 0 Å². The van der Waals surface area contributed by atoms with Gasteiger partial charge in [0.1, 0.15) is 0 Å². The second-order valence-electron chi connectivity index (χ2n) is 6.00. The molecule has 1 unspecified atom stereocenters. The number of hydrogen-bond donors (Lipinski definition) is 1. The van der Waals surface area contributed by atoms with Crippen LogP contribution >= 0.6 is 0 Å². The lowest BCUT2D eigenvalue weighted by Gasteiger charge is -2.34. The van der Waals surface area contributed by atoms with Gasteiger partial charge in [-0.05, 0) is 57.3 Å². The SMILES string of the molecule is CCNC(CCN(CC)CC)C1CCC(C)CC1. The molecule has 1 saturated carbocycles. The van der Waals surface area contributed by atoms with Gasteiger partial charge < -0.3 is 10.2 Å². The molecule has 0 aliphatic heterocycles. The quantitative estimate of drug-likeness (QED) is 0.713. The van der Waals surface area contributed by atoms with Gasteiger partial charge in [0, 0.05) is 6.04 Å². The Bertz CT molecular complexity index is 193. The van der Waals surface area contributed by atoms with E-state index < -0.39 is 0 Å². The van der Waals surface area contributed by atoms with E-state index in [9.17, 15) is 0 Å². The van der Waals surface area contributed by atoms with Crippen LogP contribution in [0.15, 0.2) is 0 Å². The Balaban J connectivity index is 2.38. The van der Waals surface area contributed by atoms with Gasteiger partial charge in [0.25, 0.3) is 0 Å². The summed E-state index contributed by atoms with van der Waals surface area (Å²) in [6.45, 7) is 14.0. The van der Waals surface area contributed by atoms with Crippen molar-refractivity contribution in [2.75, 3.05) is 26.2 Å².